The minimum Gasteiger partial charge on any atom is -0.490 e. The molecule has 136 valence electrons. The molecule has 1 saturated heterocycles. The number of nitro groups is 1. The maximum atomic E-state index is 12.3. The van der Waals surface area contributed by atoms with Crippen molar-refractivity contribution in [3.05, 3.63) is 28.3 Å². The molecule has 1 aliphatic rings. The Bertz CT molecular complexity index is 676. The molecule has 1 aromatic carbocycles. The molecule has 1 heterocycles. The normalized spacial score (nSPS) is 20.0. The predicted octanol–water partition coefficient (Wildman–Crippen LogP) is 1.69. The monoisotopic (exact) mass is 352 g/mol. The van der Waals surface area contributed by atoms with Gasteiger partial charge >= 0.3 is 11.7 Å². The quantitative estimate of drug-likeness (QED) is 0.611. The van der Waals surface area contributed by atoms with E-state index in [1.165, 1.54) is 30.2 Å². The van der Waals surface area contributed by atoms with Gasteiger partial charge in [0.2, 0.25) is 5.75 Å². The molecule has 2 rings (SSSR count). The molecule has 1 aliphatic heterocycles. The van der Waals surface area contributed by atoms with Crippen LogP contribution in [0.1, 0.15) is 19.8 Å². The highest BCUT2D eigenvalue weighted by Gasteiger charge is 2.35. The lowest BCUT2D eigenvalue weighted by atomic mass is 9.90. The van der Waals surface area contributed by atoms with Gasteiger partial charge in [-0.15, -0.1) is 0 Å². The van der Waals surface area contributed by atoms with Gasteiger partial charge in [-0.25, -0.2) is 0 Å². The molecule has 25 heavy (non-hydrogen) atoms. The summed E-state index contributed by atoms with van der Waals surface area (Å²) in [5.41, 5.74) is -0.199. The van der Waals surface area contributed by atoms with Crippen molar-refractivity contribution in [2.24, 2.45) is 5.92 Å². The minimum atomic E-state index is -0.911. The summed E-state index contributed by atoms with van der Waals surface area (Å²) in [5.74, 6) is -1.53. The topological polar surface area (TPSA) is 119 Å². The number of likely N-dealkylation sites (tertiary alicyclic amines) is 1. The van der Waals surface area contributed by atoms with Gasteiger partial charge in [-0.05, 0) is 25.8 Å². The molecule has 0 radical (unpaired) electrons. The summed E-state index contributed by atoms with van der Waals surface area (Å²) >= 11 is 0. The van der Waals surface area contributed by atoms with E-state index in [1.54, 1.807) is 6.92 Å². The maximum absolute atomic E-state index is 12.3. The van der Waals surface area contributed by atoms with E-state index in [1.807, 2.05) is 0 Å². The Hall–Kier alpha value is -2.84. The minimum absolute atomic E-state index is 0.0345. The van der Waals surface area contributed by atoms with Crippen molar-refractivity contribution in [2.45, 2.75) is 25.8 Å². The molecule has 0 spiro atoms. The number of ether oxygens (including phenoxy) is 2. The van der Waals surface area contributed by atoms with Gasteiger partial charge in [-0.3, -0.25) is 19.7 Å². The fourth-order valence-corrected chi connectivity index (χ4v) is 2.95. The standard InChI is InChI=1S/C16H20N2O7/c1-10-12(16(20)21)4-3-7-17(10)15(19)9-25-11-5-6-13(18(22)23)14(8-11)24-2/h5-6,8,10,12H,3-4,7,9H2,1-2H3,(H,20,21)/t10-,12-/m0/s1. The number of aliphatic carboxylic acids is 1. The van der Waals surface area contributed by atoms with Crippen molar-refractivity contribution in [1.29, 1.82) is 0 Å². The number of nitrogens with zero attached hydrogens (tertiary/aromatic N) is 2. The number of benzene rings is 1. The van der Waals surface area contributed by atoms with Crippen LogP contribution in [-0.2, 0) is 9.59 Å². The van der Waals surface area contributed by atoms with E-state index in [0.717, 1.165) is 0 Å². The molecule has 0 bridgehead atoms. The van der Waals surface area contributed by atoms with Gasteiger partial charge in [0.15, 0.2) is 6.61 Å². The van der Waals surface area contributed by atoms with Gasteiger partial charge in [0, 0.05) is 24.7 Å². The van der Waals surface area contributed by atoms with Crippen LogP contribution in [0.5, 0.6) is 11.5 Å². The van der Waals surface area contributed by atoms with E-state index in [0.29, 0.717) is 19.4 Å². The van der Waals surface area contributed by atoms with Crippen LogP contribution >= 0.6 is 0 Å². The van der Waals surface area contributed by atoms with Gasteiger partial charge in [-0.2, -0.15) is 0 Å². The van der Waals surface area contributed by atoms with Gasteiger partial charge in [0.05, 0.1) is 18.0 Å². The fourth-order valence-electron chi connectivity index (χ4n) is 2.95. The molecular formula is C16H20N2O7. The van der Waals surface area contributed by atoms with Crippen molar-refractivity contribution >= 4 is 17.6 Å². The first-order valence-electron chi connectivity index (χ1n) is 7.82. The summed E-state index contributed by atoms with van der Waals surface area (Å²) in [4.78, 5) is 35.4. The molecule has 1 amide bonds. The van der Waals surface area contributed by atoms with Crippen molar-refractivity contribution in [1.82, 2.24) is 4.90 Å². The number of hydrogen-bond donors (Lipinski definition) is 1. The van der Waals surface area contributed by atoms with Crippen LogP contribution in [0.15, 0.2) is 18.2 Å². The maximum Gasteiger partial charge on any atom is 0.311 e. The number of carbonyl (C=O) groups is 2. The lowest BCUT2D eigenvalue weighted by Gasteiger charge is -2.37. The van der Waals surface area contributed by atoms with Crippen LogP contribution in [0.2, 0.25) is 0 Å². The van der Waals surface area contributed by atoms with Crippen LogP contribution in [0, 0.1) is 16.0 Å². The van der Waals surface area contributed by atoms with E-state index in [4.69, 9.17) is 9.47 Å². The number of hydrogen-bond acceptors (Lipinski definition) is 6. The van der Waals surface area contributed by atoms with Crippen LogP contribution in [-0.4, -0.2) is 53.1 Å². The molecule has 1 N–H and O–H groups in total. The SMILES string of the molecule is COc1cc(OCC(=O)N2CCC[C@H](C(=O)O)[C@@H]2C)ccc1[N+](=O)[O-]. The summed E-state index contributed by atoms with van der Waals surface area (Å²) in [7, 11) is 1.30. The first-order valence-corrected chi connectivity index (χ1v) is 7.82. The van der Waals surface area contributed by atoms with Crippen molar-refractivity contribution in [3.8, 4) is 11.5 Å². The second kappa shape index (κ2) is 7.82. The Morgan fingerprint density at radius 1 is 1.44 bits per heavy atom. The lowest BCUT2D eigenvalue weighted by molar-refractivity contribution is -0.385. The van der Waals surface area contributed by atoms with E-state index in [9.17, 15) is 24.8 Å². The Morgan fingerprint density at radius 3 is 2.76 bits per heavy atom. The van der Waals surface area contributed by atoms with Gasteiger partial charge in [-0.1, -0.05) is 0 Å². The Kier molecular flexibility index (Phi) is 5.79. The number of rotatable bonds is 6. The summed E-state index contributed by atoms with van der Waals surface area (Å²) < 4.78 is 10.3. The van der Waals surface area contributed by atoms with Crippen LogP contribution in [0.25, 0.3) is 0 Å². The van der Waals surface area contributed by atoms with E-state index >= 15 is 0 Å². The third kappa shape index (κ3) is 4.17. The summed E-state index contributed by atoms with van der Waals surface area (Å²) in [6.45, 7) is 1.92. The smallest absolute Gasteiger partial charge is 0.311 e. The number of nitro benzene ring substituents is 1. The van der Waals surface area contributed by atoms with Crippen molar-refractivity contribution in [3.63, 3.8) is 0 Å². The molecule has 0 aromatic heterocycles. The number of methoxy groups -OCH3 is 1. The lowest BCUT2D eigenvalue weighted by Crippen LogP contribution is -2.50. The third-order valence-electron chi connectivity index (χ3n) is 4.34. The molecule has 9 heteroatoms. The van der Waals surface area contributed by atoms with Gasteiger partial charge < -0.3 is 19.5 Å². The predicted molar refractivity (Wildman–Crippen MR) is 86.7 cm³/mol. The zero-order chi connectivity index (χ0) is 18.6. The summed E-state index contributed by atoms with van der Waals surface area (Å²) in [6, 6.07) is 3.55. The average molecular weight is 352 g/mol. The number of carboxylic acids is 1. The fraction of sp³-hybridized carbons (Fsp3) is 0.500. The van der Waals surface area contributed by atoms with E-state index in [2.05, 4.69) is 0 Å². The molecule has 2 atom stereocenters. The number of amides is 1. The highest BCUT2D eigenvalue weighted by molar-refractivity contribution is 5.80. The molecule has 1 aromatic rings. The largest absolute Gasteiger partial charge is 0.490 e. The van der Waals surface area contributed by atoms with Crippen molar-refractivity contribution < 1.29 is 29.1 Å². The number of carboxylic acid groups (broad SMARTS) is 1. The van der Waals surface area contributed by atoms with Crippen LogP contribution in [0.3, 0.4) is 0 Å². The third-order valence-corrected chi connectivity index (χ3v) is 4.34. The first kappa shape index (κ1) is 18.5. The summed E-state index contributed by atoms with van der Waals surface area (Å²) in [6.07, 6.45) is 1.17. The highest BCUT2D eigenvalue weighted by atomic mass is 16.6. The molecule has 0 unspecified atom stereocenters. The van der Waals surface area contributed by atoms with Crippen molar-refractivity contribution in [2.75, 3.05) is 20.3 Å². The Balaban J connectivity index is 2.02. The van der Waals surface area contributed by atoms with Gasteiger partial charge in [0.1, 0.15) is 5.75 Å². The van der Waals surface area contributed by atoms with E-state index in [-0.39, 0.29) is 29.7 Å². The molecule has 0 saturated carbocycles. The molecule has 1 fully saturated rings. The second-order valence-electron chi connectivity index (χ2n) is 5.79. The Morgan fingerprint density at radius 2 is 2.16 bits per heavy atom. The highest BCUT2D eigenvalue weighted by Crippen LogP contribution is 2.31. The van der Waals surface area contributed by atoms with Gasteiger partial charge in [0.25, 0.3) is 5.91 Å². The zero-order valence-corrected chi connectivity index (χ0v) is 14.0. The first-order chi connectivity index (χ1) is 11.8. The molecule has 9 nitrogen and oxygen atoms in total. The number of piperidine rings is 1. The average Bonchev–Trinajstić information content (AvgIpc) is 2.59. The molecule has 0 aliphatic carbocycles. The Labute approximate surface area is 144 Å². The van der Waals surface area contributed by atoms with Crippen LogP contribution in [0.4, 0.5) is 5.69 Å². The number of carbonyl (C=O) groups excluding carboxylic acids is 1. The molecular weight excluding hydrogens is 332 g/mol. The summed E-state index contributed by atoms with van der Waals surface area (Å²) in [5, 5.41) is 20.1. The second-order valence-corrected chi connectivity index (χ2v) is 5.79. The van der Waals surface area contributed by atoms with E-state index < -0.39 is 22.9 Å². The van der Waals surface area contributed by atoms with Crippen LogP contribution < -0.4 is 9.47 Å². The zero-order valence-electron chi connectivity index (χ0n) is 14.0.